The van der Waals surface area contributed by atoms with Crippen LogP contribution in [0.2, 0.25) is 0 Å². The molecule has 1 aromatic rings. The molecular weight excluding hydrogens is 370 g/mol. The molecule has 8 nitrogen and oxygen atoms in total. The molecule has 1 N–H and O–H groups in total. The van der Waals surface area contributed by atoms with Crippen LogP contribution in [0.4, 0.5) is 0 Å². The number of likely N-dealkylation sites (tertiary alicyclic amines) is 1. The number of halogens is 1. The van der Waals surface area contributed by atoms with Crippen LogP contribution in [-0.2, 0) is 22.6 Å². The van der Waals surface area contributed by atoms with Gasteiger partial charge in [0, 0.05) is 70.5 Å². The molecule has 27 heavy (non-hydrogen) atoms. The van der Waals surface area contributed by atoms with Crippen LogP contribution in [0, 0.1) is 0 Å². The number of amides is 1. The van der Waals surface area contributed by atoms with Crippen LogP contribution < -0.4 is 0 Å². The van der Waals surface area contributed by atoms with E-state index in [9.17, 15) is 9.59 Å². The summed E-state index contributed by atoms with van der Waals surface area (Å²) in [4.78, 5) is 34.4. The number of rotatable bonds is 6. The number of carbonyl (C=O) groups excluding carboxylic acids is 1. The van der Waals surface area contributed by atoms with E-state index < -0.39 is 5.97 Å². The van der Waals surface area contributed by atoms with E-state index in [4.69, 9.17) is 5.11 Å². The molecule has 152 valence electrons. The van der Waals surface area contributed by atoms with Gasteiger partial charge in [-0.05, 0) is 19.9 Å². The lowest BCUT2D eigenvalue weighted by Gasteiger charge is -2.42. The van der Waals surface area contributed by atoms with Gasteiger partial charge < -0.3 is 19.5 Å². The van der Waals surface area contributed by atoms with Crippen molar-refractivity contribution in [3.8, 4) is 0 Å². The maximum atomic E-state index is 12.5. The van der Waals surface area contributed by atoms with Crippen LogP contribution >= 0.6 is 12.4 Å². The smallest absolute Gasteiger partial charge is 0.323 e. The Labute approximate surface area is 166 Å². The number of piperidine rings is 1. The summed E-state index contributed by atoms with van der Waals surface area (Å²) < 4.78 is 1.59. The number of aryl methyl sites for hydroxylation is 1. The van der Waals surface area contributed by atoms with Gasteiger partial charge in [0.05, 0.1) is 0 Å². The third-order valence-corrected chi connectivity index (χ3v) is 5.54. The van der Waals surface area contributed by atoms with Gasteiger partial charge in [-0.15, -0.1) is 12.4 Å². The van der Waals surface area contributed by atoms with E-state index in [0.717, 1.165) is 52.1 Å². The van der Waals surface area contributed by atoms with Gasteiger partial charge in [-0.1, -0.05) is 0 Å². The minimum atomic E-state index is -0.901. The number of imidazole rings is 1. The topological polar surface area (TPSA) is 81.9 Å². The summed E-state index contributed by atoms with van der Waals surface area (Å²) in [6, 6.07) is 0.599. The molecule has 0 spiro atoms. The highest BCUT2D eigenvalue weighted by molar-refractivity contribution is 5.85. The van der Waals surface area contributed by atoms with Gasteiger partial charge in [0.2, 0.25) is 5.91 Å². The largest absolute Gasteiger partial charge is 0.480 e. The highest BCUT2D eigenvalue weighted by Gasteiger charge is 2.28. The number of likely N-dealkylation sites (N-methyl/N-ethyl adjacent to an activating group) is 1. The summed E-state index contributed by atoms with van der Waals surface area (Å²) in [7, 11) is 2.17. The molecule has 2 aliphatic rings. The lowest BCUT2D eigenvalue weighted by atomic mass is 10.0. The molecule has 2 fully saturated rings. The first-order valence-electron chi connectivity index (χ1n) is 9.45. The summed E-state index contributed by atoms with van der Waals surface area (Å²) in [5.74, 6) is -0.0960. The van der Waals surface area contributed by atoms with E-state index in [2.05, 4.69) is 21.8 Å². The number of piperazine rings is 1. The fourth-order valence-corrected chi connectivity index (χ4v) is 3.90. The molecule has 2 saturated heterocycles. The fourth-order valence-electron chi connectivity index (χ4n) is 3.90. The average molecular weight is 400 g/mol. The standard InChI is InChI=1S/C18H29N5O3.ClH/c1-20-10-12-21(13-11-20)15-4-7-22(8-5-15)17(24)3-2-16-19-6-9-23(16)14-18(25)26;/h6,9,15H,2-5,7-8,10-14H2,1H3,(H,25,26);1H. The quantitative estimate of drug-likeness (QED) is 0.752. The summed E-state index contributed by atoms with van der Waals surface area (Å²) in [5, 5.41) is 8.91. The van der Waals surface area contributed by atoms with Crippen LogP contribution in [0.25, 0.3) is 0 Å². The van der Waals surface area contributed by atoms with Crippen LogP contribution in [0.15, 0.2) is 12.4 Å². The summed E-state index contributed by atoms with van der Waals surface area (Å²) >= 11 is 0. The molecule has 0 unspecified atom stereocenters. The maximum Gasteiger partial charge on any atom is 0.323 e. The number of aromatic nitrogens is 2. The minimum absolute atomic E-state index is 0. The molecular formula is C18H30ClN5O3. The molecule has 1 amide bonds. The van der Waals surface area contributed by atoms with Gasteiger partial charge >= 0.3 is 5.97 Å². The van der Waals surface area contributed by atoms with Crippen molar-refractivity contribution >= 4 is 24.3 Å². The predicted molar refractivity (Wildman–Crippen MR) is 104 cm³/mol. The van der Waals surface area contributed by atoms with Crippen molar-refractivity contribution in [2.24, 2.45) is 0 Å². The molecule has 3 rings (SSSR count). The van der Waals surface area contributed by atoms with Crippen molar-refractivity contribution in [2.75, 3.05) is 46.3 Å². The summed E-state index contributed by atoms with van der Waals surface area (Å²) in [6.45, 7) is 6.03. The first-order chi connectivity index (χ1) is 12.5. The second kappa shape index (κ2) is 10.1. The van der Waals surface area contributed by atoms with Crippen molar-refractivity contribution in [1.82, 2.24) is 24.3 Å². The Kier molecular flexibility index (Phi) is 8.07. The summed E-state index contributed by atoms with van der Waals surface area (Å²) in [6.07, 6.45) is 6.19. The van der Waals surface area contributed by atoms with Gasteiger partial charge in [-0.25, -0.2) is 4.98 Å². The Bertz CT molecular complexity index is 622. The van der Waals surface area contributed by atoms with Crippen molar-refractivity contribution in [3.05, 3.63) is 18.2 Å². The molecule has 0 radical (unpaired) electrons. The number of aliphatic carboxylic acids is 1. The van der Waals surface area contributed by atoms with Gasteiger partial charge in [0.1, 0.15) is 12.4 Å². The van der Waals surface area contributed by atoms with Crippen LogP contribution in [0.3, 0.4) is 0 Å². The molecule has 9 heteroatoms. The van der Waals surface area contributed by atoms with E-state index in [1.165, 1.54) is 0 Å². The van der Waals surface area contributed by atoms with Crippen molar-refractivity contribution in [3.63, 3.8) is 0 Å². The maximum absolute atomic E-state index is 12.5. The van der Waals surface area contributed by atoms with Gasteiger partial charge in [-0.2, -0.15) is 0 Å². The second-order valence-electron chi connectivity index (χ2n) is 7.32. The number of carboxylic acid groups (broad SMARTS) is 1. The van der Waals surface area contributed by atoms with Crippen molar-refractivity contribution in [2.45, 2.75) is 38.3 Å². The third kappa shape index (κ3) is 5.92. The number of hydrogen-bond donors (Lipinski definition) is 1. The number of carboxylic acids is 1. The van der Waals surface area contributed by atoms with Gasteiger partial charge in [0.25, 0.3) is 0 Å². The highest BCUT2D eigenvalue weighted by Crippen LogP contribution is 2.19. The molecule has 3 heterocycles. The van der Waals surface area contributed by atoms with Gasteiger partial charge in [0.15, 0.2) is 0 Å². The number of nitrogens with zero attached hydrogens (tertiary/aromatic N) is 5. The number of hydrogen-bond acceptors (Lipinski definition) is 5. The van der Waals surface area contributed by atoms with Crippen LogP contribution in [0.1, 0.15) is 25.1 Å². The van der Waals surface area contributed by atoms with E-state index in [0.29, 0.717) is 24.7 Å². The van der Waals surface area contributed by atoms with E-state index in [1.54, 1.807) is 17.0 Å². The minimum Gasteiger partial charge on any atom is -0.480 e. The van der Waals surface area contributed by atoms with Crippen LogP contribution in [-0.4, -0.2) is 93.6 Å². The Morgan fingerprint density at radius 2 is 1.81 bits per heavy atom. The molecule has 2 aliphatic heterocycles. The van der Waals surface area contributed by atoms with Gasteiger partial charge in [-0.3, -0.25) is 14.5 Å². The molecule has 0 bridgehead atoms. The average Bonchev–Trinajstić information content (AvgIpc) is 3.07. The van der Waals surface area contributed by atoms with Crippen LogP contribution in [0.5, 0.6) is 0 Å². The zero-order valence-electron chi connectivity index (χ0n) is 15.9. The molecule has 0 atom stereocenters. The fraction of sp³-hybridized carbons (Fsp3) is 0.722. The lowest BCUT2D eigenvalue weighted by Crippen LogP contribution is -2.53. The lowest BCUT2D eigenvalue weighted by molar-refractivity contribution is -0.137. The molecule has 0 aromatic carbocycles. The SMILES string of the molecule is CN1CCN(C2CCN(C(=O)CCc3nccn3CC(=O)O)CC2)CC1.Cl. The van der Waals surface area contributed by atoms with Crippen molar-refractivity contribution < 1.29 is 14.7 Å². The Morgan fingerprint density at radius 1 is 1.15 bits per heavy atom. The molecule has 0 saturated carbocycles. The molecule has 0 aliphatic carbocycles. The van der Waals surface area contributed by atoms with Crippen molar-refractivity contribution in [1.29, 1.82) is 0 Å². The number of carbonyl (C=O) groups is 2. The Hall–Kier alpha value is -1.64. The van der Waals surface area contributed by atoms with E-state index in [1.807, 2.05) is 4.90 Å². The Morgan fingerprint density at radius 3 is 2.44 bits per heavy atom. The normalized spacial score (nSPS) is 19.7. The highest BCUT2D eigenvalue weighted by atomic mass is 35.5. The monoisotopic (exact) mass is 399 g/mol. The van der Waals surface area contributed by atoms with E-state index >= 15 is 0 Å². The molecule has 1 aromatic heterocycles. The zero-order valence-corrected chi connectivity index (χ0v) is 16.7. The second-order valence-corrected chi connectivity index (χ2v) is 7.32. The Balaban J connectivity index is 0.00000261. The summed E-state index contributed by atoms with van der Waals surface area (Å²) in [5.41, 5.74) is 0. The first-order valence-corrected chi connectivity index (χ1v) is 9.45. The zero-order chi connectivity index (χ0) is 18.5. The first kappa shape index (κ1) is 21.7. The predicted octanol–water partition coefficient (Wildman–Crippen LogP) is 0.561. The third-order valence-electron chi connectivity index (χ3n) is 5.54. The van der Waals surface area contributed by atoms with E-state index in [-0.39, 0.29) is 24.9 Å².